The average molecular weight is 247 g/mol. The zero-order chi connectivity index (χ0) is 11.4. The molecule has 1 aromatic heterocycles. The Bertz CT molecular complexity index is 390. The standard InChI is InChI=1S/C8H8Cl2N4O/c1-14(4-2-3-11)8(15)7-12-5(9)6(10)13-7/h2,4H2,1H3,(H,12,13). The third-order valence-electron chi connectivity index (χ3n) is 1.73. The SMILES string of the molecule is CN(CCC#N)C(=O)c1nc(Cl)c(Cl)[nH]1. The first-order valence-electron chi connectivity index (χ1n) is 4.09. The van der Waals surface area contributed by atoms with Crippen LogP contribution in [0.4, 0.5) is 0 Å². The molecule has 0 radical (unpaired) electrons. The molecular weight excluding hydrogens is 239 g/mol. The Morgan fingerprint density at radius 3 is 2.80 bits per heavy atom. The number of carbonyl (C=O) groups is 1. The molecule has 0 fully saturated rings. The summed E-state index contributed by atoms with van der Waals surface area (Å²) in [7, 11) is 1.57. The third-order valence-corrected chi connectivity index (χ3v) is 2.37. The summed E-state index contributed by atoms with van der Waals surface area (Å²) in [6, 6.07) is 1.94. The van der Waals surface area contributed by atoms with Gasteiger partial charge in [0.15, 0.2) is 11.0 Å². The lowest BCUT2D eigenvalue weighted by atomic mass is 10.4. The van der Waals surface area contributed by atoms with E-state index in [2.05, 4.69) is 9.97 Å². The molecule has 0 saturated heterocycles. The van der Waals surface area contributed by atoms with E-state index < -0.39 is 0 Å². The van der Waals surface area contributed by atoms with Crippen LogP contribution in [0, 0.1) is 11.3 Å². The van der Waals surface area contributed by atoms with Crippen LogP contribution in [-0.2, 0) is 0 Å². The van der Waals surface area contributed by atoms with Crippen molar-refractivity contribution in [2.45, 2.75) is 6.42 Å². The molecule has 1 heterocycles. The van der Waals surface area contributed by atoms with Gasteiger partial charge in [-0.25, -0.2) is 4.98 Å². The monoisotopic (exact) mass is 246 g/mol. The van der Waals surface area contributed by atoms with Gasteiger partial charge in [-0.3, -0.25) is 4.79 Å². The summed E-state index contributed by atoms with van der Waals surface area (Å²) < 4.78 is 0. The van der Waals surface area contributed by atoms with Crippen molar-refractivity contribution in [3.05, 3.63) is 16.1 Å². The number of nitriles is 1. The van der Waals surface area contributed by atoms with Crippen molar-refractivity contribution in [3.63, 3.8) is 0 Å². The number of nitrogens with zero attached hydrogens (tertiary/aromatic N) is 3. The third kappa shape index (κ3) is 2.85. The first-order chi connectivity index (χ1) is 7.06. The number of aromatic amines is 1. The van der Waals surface area contributed by atoms with E-state index >= 15 is 0 Å². The number of carbonyl (C=O) groups excluding carboxylic acids is 1. The molecule has 7 heteroatoms. The summed E-state index contributed by atoms with van der Waals surface area (Å²) in [5.41, 5.74) is 0. The highest BCUT2D eigenvalue weighted by Crippen LogP contribution is 2.18. The summed E-state index contributed by atoms with van der Waals surface area (Å²) in [5, 5.41) is 8.56. The number of hydrogen-bond donors (Lipinski definition) is 1. The van der Waals surface area contributed by atoms with Crippen LogP contribution in [0.1, 0.15) is 17.0 Å². The Morgan fingerprint density at radius 2 is 2.33 bits per heavy atom. The van der Waals surface area contributed by atoms with Crippen molar-refractivity contribution in [1.82, 2.24) is 14.9 Å². The molecule has 0 spiro atoms. The number of hydrogen-bond acceptors (Lipinski definition) is 3. The van der Waals surface area contributed by atoms with Crippen molar-refractivity contribution in [1.29, 1.82) is 5.26 Å². The molecule has 0 aromatic carbocycles. The largest absolute Gasteiger partial charge is 0.338 e. The van der Waals surface area contributed by atoms with E-state index in [-0.39, 0.29) is 28.5 Å². The van der Waals surface area contributed by atoms with Gasteiger partial charge in [-0.05, 0) is 0 Å². The molecule has 5 nitrogen and oxygen atoms in total. The van der Waals surface area contributed by atoms with Crippen molar-refractivity contribution in [2.75, 3.05) is 13.6 Å². The molecule has 1 amide bonds. The van der Waals surface area contributed by atoms with Crippen molar-refractivity contribution in [3.8, 4) is 6.07 Å². The maximum atomic E-state index is 11.6. The van der Waals surface area contributed by atoms with Gasteiger partial charge in [0.05, 0.1) is 12.5 Å². The number of rotatable bonds is 3. The Morgan fingerprint density at radius 1 is 1.67 bits per heavy atom. The second-order valence-electron chi connectivity index (χ2n) is 2.83. The maximum absolute atomic E-state index is 11.6. The highest BCUT2D eigenvalue weighted by atomic mass is 35.5. The fourth-order valence-corrected chi connectivity index (χ4v) is 1.20. The molecule has 0 bridgehead atoms. The predicted octanol–water partition coefficient (Wildman–Crippen LogP) is 1.70. The van der Waals surface area contributed by atoms with E-state index in [0.717, 1.165) is 0 Å². The van der Waals surface area contributed by atoms with E-state index in [9.17, 15) is 4.79 Å². The molecule has 0 aliphatic carbocycles. The van der Waals surface area contributed by atoms with Gasteiger partial charge in [0.1, 0.15) is 5.15 Å². The zero-order valence-electron chi connectivity index (χ0n) is 7.92. The van der Waals surface area contributed by atoms with Crippen molar-refractivity contribution < 1.29 is 4.79 Å². The Labute approximate surface area is 96.6 Å². The van der Waals surface area contributed by atoms with Crippen LogP contribution in [0.3, 0.4) is 0 Å². The number of aromatic nitrogens is 2. The quantitative estimate of drug-likeness (QED) is 0.883. The molecule has 0 aliphatic heterocycles. The van der Waals surface area contributed by atoms with E-state index in [4.69, 9.17) is 28.5 Å². The smallest absolute Gasteiger partial charge is 0.289 e. The topological polar surface area (TPSA) is 72.8 Å². The van der Waals surface area contributed by atoms with Gasteiger partial charge in [-0.15, -0.1) is 0 Å². The van der Waals surface area contributed by atoms with Gasteiger partial charge < -0.3 is 9.88 Å². The van der Waals surface area contributed by atoms with Gasteiger partial charge in [0.25, 0.3) is 5.91 Å². The number of H-pyrrole nitrogens is 1. The van der Waals surface area contributed by atoms with Crippen LogP contribution in [0.15, 0.2) is 0 Å². The molecule has 1 rings (SSSR count). The lowest BCUT2D eigenvalue weighted by Gasteiger charge is -2.12. The fraction of sp³-hybridized carbons (Fsp3) is 0.375. The molecule has 0 unspecified atom stereocenters. The molecule has 0 atom stereocenters. The summed E-state index contributed by atoms with van der Waals surface area (Å²) in [6.45, 7) is 0.339. The highest BCUT2D eigenvalue weighted by Gasteiger charge is 2.17. The zero-order valence-corrected chi connectivity index (χ0v) is 9.43. The minimum Gasteiger partial charge on any atom is -0.338 e. The number of nitrogens with one attached hydrogen (secondary N) is 1. The molecule has 1 N–H and O–H groups in total. The van der Waals surface area contributed by atoms with Gasteiger partial charge in [-0.2, -0.15) is 5.26 Å². The summed E-state index contributed by atoms with van der Waals surface area (Å²) in [6.07, 6.45) is 0.268. The molecule has 15 heavy (non-hydrogen) atoms. The Balaban J connectivity index is 2.72. The normalized spacial score (nSPS) is 9.73. The molecule has 80 valence electrons. The van der Waals surface area contributed by atoms with Crippen molar-refractivity contribution in [2.24, 2.45) is 0 Å². The van der Waals surface area contributed by atoms with Gasteiger partial charge >= 0.3 is 0 Å². The molecular formula is C8H8Cl2N4O. The van der Waals surface area contributed by atoms with Crippen LogP contribution in [0.5, 0.6) is 0 Å². The lowest BCUT2D eigenvalue weighted by molar-refractivity contribution is 0.0787. The summed E-state index contributed by atoms with van der Waals surface area (Å²) in [5.74, 6) is -0.274. The average Bonchev–Trinajstić information content (AvgIpc) is 2.54. The Kier molecular flexibility index (Phi) is 3.95. The predicted molar refractivity (Wildman–Crippen MR) is 55.8 cm³/mol. The Hall–Kier alpha value is -1.25. The van der Waals surface area contributed by atoms with Crippen LogP contribution < -0.4 is 0 Å². The van der Waals surface area contributed by atoms with Gasteiger partial charge in [0.2, 0.25) is 0 Å². The highest BCUT2D eigenvalue weighted by molar-refractivity contribution is 6.40. The fourth-order valence-electron chi connectivity index (χ4n) is 0.932. The summed E-state index contributed by atoms with van der Waals surface area (Å²) in [4.78, 5) is 19.3. The first kappa shape index (κ1) is 11.8. The van der Waals surface area contributed by atoms with Crippen LogP contribution in [-0.4, -0.2) is 34.4 Å². The van der Waals surface area contributed by atoms with Gasteiger partial charge in [0, 0.05) is 13.6 Å². The molecule has 1 aromatic rings. The van der Waals surface area contributed by atoms with E-state index in [1.807, 2.05) is 6.07 Å². The van der Waals surface area contributed by atoms with E-state index in [1.54, 1.807) is 7.05 Å². The summed E-state index contributed by atoms with van der Waals surface area (Å²) >= 11 is 11.2. The van der Waals surface area contributed by atoms with Crippen molar-refractivity contribution >= 4 is 29.1 Å². The van der Waals surface area contributed by atoms with Gasteiger partial charge in [-0.1, -0.05) is 23.2 Å². The number of imidazole rings is 1. The van der Waals surface area contributed by atoms with E-state index in [0.29, 0.717) is 6.54 Å². The lowest BCUT2D eigenvalue weighted by Crippen LogP contribution is -2.28. The number of amides is 1. The molecule has 0 aliphatic rings. The van der Waals surface area contributed by atoms with Crippen LogP contribution >= 0.6 is 23.2 Å². The maximum Gasteiger partial charge on any atom is 0.289 e. The minimum atomic E-state index is -0.348. The molecule has 0 saturated carbocycles. The second kappa shape index (κ2) is 5.01. The number of halogens is 2. The first-order valence-corrected chi connectivity index (χ1v) is 4.85. The van der Waals surface area contributed by atoms with E-state index in [1.165, 1.54) is 4.90 Å². The van der Waals surface area contributed by atoms with Crippen LogP contribution in [0.2, 0.25) is 10.3 Å². The van der Waals surface area contributed by atoms with Crippen LogP contribution in [0.25, 0.3) is 0 Å². The minimum absolute atomic E-state index is 0.0636. The second-order valence-corrected chi connectivity index (χ2v) is 3.56.